The Morgan fingerprint density at radius 3 is 2.68 bits per heavy atom. The maximum absolute atomic E-state index is 12.3. The topological polar surface area (TPSA) is 80.9 Å². The smallest absolute Gasteiger partial charge is 0.322 e. The second-order valence-corrected chi connectivity index (χ2v) is 6.99. The average molecular weight is 368 g/mol. The van der Waals surface area contributed by atoms with Crippen LogP contribution in [0.1, 0.15) is 9.80 Å². The van der Waals surface area contributed by atoms with E-state index in [9.17, 15) is 4.79 Å². The minimum Gasteiger partial charge on any atom is -0.403 e. The Balaban J connectivity index is 1.52. The zero-order valence-electron chi connectivity index (χ0n) is 13.1. The molecular formula is C17H12N4O2S2. The summed E-state index contributed by atoms with van der Waals surface area (Å²) in [5.74, 6) is -0.0126. The first-order valence-corrected chi connectivity index (χ1v) is 9.42. The van der Waals surface area contributed by atoms with Crippen molar-refractivity contribution >= 4 is 45.2 Å². The highest BCUT2D eigenvalue weighted by Gasteiger charge is 2.16. The number of benzene rings is 2. The highest BCUT2D eigenvalue weighted by Crippen LogP contribution is 2.25. The number of hydrogen-bond acceptors (Lipinski definition) is 7. The summed E-state index contributed by atoms with van der Waals surface area (Å²) in [4.78, 5) is 17.8. The van der Waals surface area contributed by atoms with Crippen LogP contribution in [0.3, 0.4) is 0 Å². The van der Waals surface area contributed by atoms with Crippen LogP contribution in [0, 0.1) is 0 Å². The summed E-state index contributed by atoms with van der Waals surface area (Å²) in [7, 11) is 0. The van der Waals surface area contributed by atoms with E-state index in [1.807, 2.05) is 54.8 Å². The van der Waals surface area contributed by atoms with Crippen LogP contribution in [0.15, 0.2) is 57.8 Å². The molecule has 4 rings (SSSR count). The Morgan fingerprint density at radius 2 is 1.92 bits per heavy atom. The number of amides is 1. The minimum atomic E-state index is -0.367. The summed E-state index contributed by atoms with van der Waals surface area (Å²) >= 11 is 2.97. The van der Waals surface area contributed by atoms with Gasteiger partial charge in [-0.3, -0.25) is 10.1 Å². The predicted molar refractivity (Wildman–Crippen MR) is 99.1 cm³/mol. The fraction of sp³-hybridized carbons (Fsp3) is 0.0588. The van der Waals surface area contributed by atoms with Crippen molar-refractivity contribution in [2.45, 2.75) is 4.90 Å². The largest absolute Gasteiger partial charge is 0.403 e. The number of carbonyl (C=O) groups is 1. The van der Waals surface area contributed by atoms with Crippen LogP contribution in [-0.2, 0) is 0 Å². The quantitative estimate of drug-likeness (QED) is 0.540. The predicted octanol–water partition coefficient (Wildman–Crippen LogP) is 4.32. The van der Waals surface area contributed by atoms with E-state index in [4.69, 9.17) is 4.42 Å². The minimum absolute atomic E-state index is 0.0493. The van der Waals surface area contributed by atoms with Crippen molar-refractivity contribution in [2.24, 2.45) is 0 Å². The Morgan fingerprint density at radius 1 is 1.12 bits per heavy atom. The number of anilines is 1. The standard InChI is InChI=1S/C17H12N4O2S2/c1-24-11-8-6-10(7-9-11)15-20-21-17(23-15)19-14(22)16-18-12-4-2-3-5-13(12)25-16/h2-9H,1H3,(H,19,21,22). The summed E-state index contributed by atoms with van der Waals surface area (Å²) < 4.78 is 6.48. The molecule has 0 bridgehead atoms. The van der Waals surface area contributed by atoms with Gasteiger partial charge in [-0.1, -0.05) is 17.2 Å². The molecule has 124 valence electrons. The van der Waals surface area contributed by atoms with E-state index >= 15 is 0 Å². The molecule has 2 aromatic carbocycles. The summed E-state index contributed by atoms with van der Waals surface area (Å²) in [6.07, 6.45) is 2.01. The SMILES string of the molecule is CSc1ccc(-c2nnc(NC(=O)c3nc4ccccc4s3)o2)cc1. The van der Waals surface area contributed by atoms with Crippen molar-refractivity contribution < 1.29 is 9.21 Å². The molecule has 0 aliphatic carbocycles. The zero-order chi connectivity index (χ0) is 17.2. The Hall–Kier alpha value is -2.71. The van der Waals surface area contributed by atoms with Gasteiger partial charge in [0.05, 0.1) is 10.2 Å². The third kappa shape index (κ3) is 3.26. The van der Waals surface area contributed by atoms with E-state index in [1.54, 1.807) is 11.8 Å². The van der Waals surface area contributed by atoms with Crippen molar-refractivity contribution in [1.82, 2.24) is 15.2 Å². The molecule has 0 saturated heterocycles. The van der Waals surface area contributed by atoms with Gasteiger partial charge in [-0.25, -0.2) is 4.98 Å². The lowest BCUT2D eigenvalue weighted by Gasteiger charge is -1.98. The molecule has 25 heavy (non-hydrogen) atoms. The number of nitrogens with one attached hydrogen (secondary N) is 1. The second-order valence-electron chi connectivity index (χ2n) is 5.08. The van der Waals surface area contributed by atoms with Crippen molar-refractivity contribution in [2.75, 3.05) is 11.6 Å². The van der Waals surface area contributed by atoms with Crippen LogP contribution < -0.4 is 5.32 Å². The summed E-state index contributed by atoms with van der Waals surface area (Å²) in [6, 6.07) is 15.4. The number of rotatable bonds is 4. The fourth-order valence-electron chi connectivity index (χ4n) is 2.24. The number of fused-ring (bicyclic) bond motifs is 1. The Kier molecular flexibility index (Phi) is 4.21. The van der Waals surface area contributed by atoms with Gasteiger partial charge in [0, 0.05) is 10.5 Å². The van der Waals surface area contributed by atoms with Gasteiger partial charge >= 0.3 is 6.01 Å². The fourth-order valence-corrected chi connectivity index (χ4v) is 3.51. The maximum Gasteiger partial charge on any atom is 0.322 e. The van der Waals surface area contributed by atoms with Gasteiger partial charge in [-0.05, 0) is 42.7 Å². The summed E-state index contributed by atoms with van der Waals surface area (Å²) in [6.45, 7) is 0. The number of para-hydroxylation sites is 1. The van der Waals surface area contributed by atoms with Crippen molar-refractivity contribution in [3.63, 3.8) is 0 Å². The molecule has 8 heteroatoms. The van der Waals surface area contributed by atoms with Gasteiger partial charge in [-0.2, -0.15) is 0 Å². The molecule has 0 spiro atoms. The first-order valence-electron chi connectivity index (χ1n) is 7.38. The lowest BCUT2D eigenvalue weighted by Crippen LogP contribution is -2.11. The third-order valence-corrected chi connectivity index (χ3v) is 5.25. The van der Waals surface area contributed by atoms with E-state index in [2.05, 4.69) is 20.5 Å². The molecule has 0 fully saturated rings. The number of hydrogen-bond donors (Lipinski definition) is 1. The highest BCUT2D eigenvalue weighted by atomic mass is 32.2. The molecule has 1 N–H and O–H groups in total. The molecule has 0 saturated carbocycles. The number of thiazole rings is 1. The second kappa shape index (κ2) is 6.66. The van der Waals surface area contributed by atoms with Crippen molar-refractivity contribution in [1.29, 1.82) is 0 Å². The van der Waals surface area contributed by atoms with Gasteiger partial charge in [-0.15, -0.1) is 28.2 Å². The van der Waals surface area contributed by atoms with Crippen LogP contribution in [0.2, 0.25) is 0 Å². The molecule has 2 aromatic heterocycles. The molecule has 0 atom stereocenters. The van der Waals surface area contributed by atoms with Gasteiger partial charge in [0.25, 0.3) is 5.91 Å². The number of aromatic nitrogens is 3. The van der Waals surface area contributed by atoms with Gasteiger partial charge in [0.2, 0.25) is 5.89 Å². The molecule has 4 aromatic rings. The van der Waals surface area contributed by atoms with Crippen LogP contribution >= 0.6 is 23.1 Å². The first-order chi connectivity index (χ1) is 12.2. The van der Waals surface area contributed by atoms with Gasteiger partial charge in [0.15, 0.2) is 5.01 Å². The number of nitrogens with zero attached hydrogens (tertiary/aromatic N) is 3. The average Bonchev–Trinajstić information content (AvgIpc) is 3.28. The lowest BCUT2D eigenvalue weighted by molar-refractivity contribution is 0.102. The van der Waals surface area contributed by atoms with E-state index < -0.39 is 0 Å². The monoisotopic (exact) mass is 368 g/mol. The van der Waals surface area contributed by atoms with Gasteiger partial charge < -0.3 is 4.42 Å². The summed E-state index contributed by atoms with van der Waals surface area (Å²) in [5, 5.41) is 10.8. The third-order valence-electron chi connectivity index (χ3n) is 3.47. The molecule has 0 unspecified atom stereocenters. The highest BCUT2D eigenvalue weighted by molar-refractivity contribution is 7.98. The van der Waals surface area contributed by atoms with E-state index in [-0.39, 0.29) is 11.9 Å². The van der Waals surface area contributed by atoms with Crippen LogP contribution in [-0.4, -0.2) is 27.3 Å². The molecule has 1 amide bonds. The van der Waals surface area contributed by atoms with Crippen LogP contribution in [0.5, 0.6) is 0 Å². The van der Waals surface area contributed by atoms with E-state index in [0.29, 0.717) is 10.9 Å². The molecule has 0 aliphatic heterocycles. The van der Waals surface area contributed by atoms with E-state index in [1.165, 1.54) is 11.3 Å². The van der Waals surface area contributed by atoms with Crippen molar-refractivity contribution in [3.8, 4) is 11.5 Å². The molecule has 2 heterocycles. The Labute approximate surface area is 151 Å². The normalized spacial score (nSPS) is 10.9. The van der Waals surface area contributed by atoms with E-state index in [0.717, 1.165) is 20.7 Å². The Bertz CT molecular complexity index is 1010. The maximum atomic E-state index is 12.3. The number of thioether (sulfide) groups is 1. The molecule has 0 radical (unpaired) electrons. The van der Waals surface area contributed by atoms with Crippen LogP contribution in [0.4, 0.5) is 6.01 Å². The molecular weight excluding hydrogens is 356 g/mol. The zero-order valence-corrected chi connectivity index (χ0v) is 14.7. The number of carbonyl (C=O) groups excluding carboxylic acids is 1. The molecule has 6 nitrogen and oxygen atoms in total. The lowest BCUT2D eigenvalue weighted by atomic mass is 10.2. The van der Waals surface area contributed by atoms with Crippen molar-refractivity contribution in [3.05, 3.63) is 53.5 Å². The first kappa shape index (κ1) is 15.8. The molecule has 0 aliphatic rings. The van der Waals surface area contributed by atoms with Gasteiger partial charge in [0.1, 0.15) is 0 Å². The summed E-state index contributed by atoms with van der Waals surface area (Å²) in [5.41, 5.74) is 1.59. The van der Waals surface area contributed by atoms with Crippen LogP contribution in [0.25, 0.3) is 21.7 Å².